The maximum Gasteiger partial charge on any atom is 0.277 e. The average Bonchev–Trinajstić information content (AvgIpc) is 2.50. The van der Waals surface area contributed by atoms with E-state index < -0.39 is 20.7 Å². The summed E-state index contributed by atoms with van der Waals surface area (Å²) in [5, 5.41) is 4.19. The van der Waals surface area contributed by atoms with E-state index in [2.05, 4.69) is 15.0 Å². The van der Waals surface area contributed by atoms with Crippen LogP contribution in [0, 0.1) is 0 Å². The number of rotatable bonds is 1. The Hall–Kier alpha value is -1.74. The number of H-pyrrole nitrogens is 2. The fraction of sp³-hybridized carbons (Fsp3) is 0. The number of nitrogens with zero attached hydrogens (tertiary/aromatic N) is 2. The zero-order valence-electron chi connectivity index (χ0n) is 6.68. The fourth-order valence-corrected chi connectivity index (χ4v) is 1.41. The van der Waals surface area contributed by atoms with Crippen LogP contribution in [0.4, 0.5) is 0 Å². The minimum atomic E-state index is -4.02. The van der Waals surface area contributed by atoms with Crippen LogP contribution in [0.25, 0.3) is 11.2 Å². The molecule has 0 radical (unpaired) electrons. The Labute approximate surface area is 77.2 Å². The van der Waals surface area contributed by atoms with Crippen molar-refractivity contribution in [1.82, 2.24) is 19.9 Å². The molecule has 0 atom stereocenters. The highest BCUT2D eigenvalue weighted by atomic mass is 32.2. The second-order valence-electron chi connectivity index (χ2n) is 2.52. The van der Waals surface area contributed by atoms with Crippen LogP contribution in [0.15, 0.2) is 16.3 Å². The van der Waals surface area contributed by atoms with E-state index in [0.717, 1.165) is 0 Å². The van der Waals surface area contributed by atoms with Gasteiger partial charge in [-0.05, 0) is 0 Å². The molecule has 2 aromatic heterocycles. The maximum atomic E-state index is 11.2. The van der Waals surface area contributed by atoms with Crippen molar-refractivity contribution in [2.75, 3.05) is 0 Å². The molecule has 0 aliphatic rings. The maximum absolute atomic E-state index is 11.2. The Bertz CT molecular complexity index is 639. The van der Waals surface area contributed by atoms with Crippen LogP contribution in [0.3, 0.4) is 0 Å². The first-order valence-electron chi connectivity index (χ1n) is 3.44. The van der Waals surface area contributed by atoms with Crippen molar-refractivity contribution in [2.45, 2.75) is 5.16 Å². The summed E-state index contributed by atoms with van der Waals surface area (Å²) in [6.07, 6.45) is 1.24. The number of fused-ring (bicyclic) bond motifs is 1. The molecule has 14 heavy (non-hydrogen) atoms. The molecule has 4 N–H and O–H groups in total. The number of hydrogen-bond donors (Lipinski definition) is 3. The molecule has 2 rings (SSSR count). The summed E-state index contributed by atoms with van der Waals surface area (Å²) in [5.41, 5.74) is -0.508. The van der Waals surface area contributed by atoms with Crippen LogP contribution >= 0.6 is 0 Å². The molecule has 74 valence electrons. The number of imidazole rings is 1. The lowest BCUT2D eigenvalue weighted by molar-refractivity contribution is 0.588. The van der Waals surface area contributed by atoms with Crippen molar-refractivity contribution in [3.05, 3.63) is 16.7 Å². The third kappa shape index (κ3) is 1.28. The molecule has 2 aromatic rings. The molecule has 0 bridgehead atoms. The number of primary sulfonamides is 1. The Morgan fingerprint density at radius 1 is 1.43 bits per heavy atom. The molecule has 0 saturated carbocycles. The van der Waals surface area contributed by atoms with Gasteiger partial charge in [-0.3, -0.25) is 9.78 Å². The molecular weight excluding hydrogens is 210 g/mol. The van der Waals surface area contributed by atoms with Crippen LogP contribution in [-0.4, -0.2) is 28.4 Å². The lowest BCUT2D eigenvalue weighted by atomic mass is 10.6. The number of sulfonamides is 1. The monoisotopic (exact) mass is 215 g/mol. The third-order valence-corrected chi connectivity index (χ3v) is 2.28. The molecule has 0 saturated heterocycles. The van der Waals surface area contributed by atoms with Gasteiger partial charge in [0.2, 0.25) is 5.16 Å². The number of aromatic amines is 2. The molecule has 0 aliphatic heterocycles. The predicted octanol–water partition coefficient (Wildman–Crippen LogP) is -1.71. The Morgan fingerprint density at radius 3 is 2.79 bits per heavy atom. The minimum absolute atomic E-state index is 0.0118. The molecule has 0 amide bonds. The standard InChI is InChI=1S/C5H5N5O3S/c6-14(12,13)5-9-3-2(4(11)10-5)7-1-8-3/h1H,(H2,6,12,13)(H2,7,8,9,10,11). The van der Waals surface area contributed by atoms with Crippen molar-refractivity contribution in [3.63, 3.8) is 0 Å². The summed E-state index contributed by atoms with van der Waals surface area (Å²) in [6, 6.07) is 0. The molecule has 0 spiro atoms. The van der Waals surface area contributed by atoms with Gasteiger partial charge in [0.1, 0.15) is 0 Å². The minimum Gasteiger partial charge on any atom is -0.339 e. The van der Waals surface area contributed by atoms with Gasteiger partial charge in [-0.1, -0.05) is 0 Å². The lowest BCUT2D eigenvalue weighted by Crippen LogP contribution is -2.21. The van der Waals surface area contributed by atoms with Gasteiger partial charge in [0, 0.05) is 0 Å². The van der Waals surface area contributed by atoms with Crippen molar-refractivity contribution in [3.8, 4) is 0 Å². The Balaban J connectivity index is 2.91. The summed E-state index contributed by atoms with van der Waals surface area (Å²) in [7, 11) is -4.02. The highest BCUT2D eigenvalue weighted by Gasteiger charge is 2.14. The van der Waals surface area contributed by atoms with Gasteiger partial charge >= 0.3 is 0 Å². The Kier molecular flexibility index (Phi) is 1.66. The van der Waals surface area contributed by atoms with E-state index in [1.165, 1.54) is 6.33 Å². The zero-order valence-corrected chi connectivity index (χ0v) is 7.50. The normalized spacial score (nSPS) is 12.1. The van der Waals surface area contributed by atoms with Gasteiger partial charge in [-0.2, -0.15) is 4.98 Å². The summed E-state index contributed by atoms with van der Waals surface area (Å²) >= 11 is 0. The third-order valence-electron chi connectivity index (χ3n) is 1.54. The van der Waals surface area contributed by atoms with E-state index in [0.29, 0.717) is 0 Å². The molecule has 2 heterocycles. The smallest absolute Gasteiger partial charge is 0.277 e. The topological polar surface area (TPSA) is 135 Å². The van der Waals surface area contributed by atoms with E-state index in [-0.39, 0.29) is 11.2 Å². The summed E-state index contributed by atoms with van der Waals surface area (Å²) in [4.78, 5) is 23.0. The van der Waals surface area contributed by atoms with Crippen LogP contribution in [0.5, 0.6) is 0 Å². The van der Waals surface area contributed by atoms with Crippen LogP contribution in [0.2, 0.25) is 0 Å². The first-order valence-corrected chi connectivity index (χ1v) is 4.99. The second kappa shape index (κ2) is 2.62. The van der Waals surface area contributed by atoms with Crippen molar-refractivity contribution in [1.29, 1.82) is 0 Å². The summed E-state index contributed by atoms with van der Waals surface area (Å²) in [6.45, 7) is 0. The molecule has 0 aromatic carbocycles. The first kappa shape index (κ1) is 8.84. The Morgan fingerprint density at radius 2 is 2.14 bits per heavy atom. The van der Waals surface area contributed by atoms with Crippen LogP contribution < -0.4 is 10.7 Å². The quantitative estimate of drug-likeness (QED) is 0.487. The van der Waals surface area contributed by atoms with E-state index in [1.807, 2.05) is 4.98 Å². The largest absolute Gasteiger partial charge is 0.339 e. The molecule has 0 aliphatic carbocycles. The molecule has 0 unspecified atom stereocenters. The van der Waals surface area contributed by atoms with Gasteiger partial charge in [0.15, 0.2) is 11.2 Å². The highest BCUT2D eigenvalue weighted by molar-refractivity contribution is 7.89. The van der Waals surface area contributed by atoms with Gasteiger partial charge in [-0.15, -0.1) is 0 Å². The van der Waals surface area contributed by atoms with Gasteiger partial charge in [0.25, 0.3) is 15.6 Å². The zero-order chi connectivity index (χ0) is 10.3. The highest BCUT2D eigenvalue weighted by Crippen LogP contribution is 2.01. The van der Waals surface area contributed by atoms with Crippen molar-refractivity contribution in [2.24, 2.45) is 5.14 Å². The average molecular weight is 215 g/mol. The number of nitrogens with two attached hydrogens (primary N) is 1. The lowest BCUT2D eigenvalue weighted by Gasteiger charge is -1.95. The van der Waals surface area contributed by atoms with Gasteiger partial charge < -0.3 is 4.98 Å². The fourth-order valence-electron chi connectivity index (χ4n) is 0.957. The van der Waals surface area contributed by atoms with E-state index in [9.17, 15) is 13.2 Å². The summed E-state index contributed by atoms with van der Waals surface area (Å²) in [5.74, 6) is 0. The van der Waals surface area contributed by atoms with Gasteiger partial charge in [-0.25, -0.2) is 18.5 Å². The van der Waals surface area contributed by atoms with Crippen molar-refractivity contribution < 1.29 is 8.42 Å². The summed E-state index contributed by atoms with van der Waals surface area (Å²) < 4.78 is 21.7. The van der Waals surface area contributed by atoms with E-state index >= 15 is 0 Å². The first-order chi connectivity index (χ1) is 6.48. The second-order valence-corrected chi connectivity index (χ2v) is 3.99. The molecule has 0 fully saturated rings. The molecular formula is C5H5N5O3S. The predicted molar refractivity (Wildman–Crippen MR) is 45.9 cm³/mol. The van der Waals surface area contributed by atoms with Crippen LogP contribution in [-0.2, 0) is 10.0 Å². The molecule has 8 nitrogen and oxygen atoms in total. The van der Waals surface area contributed by atoms with Crippen molar-refractivity contribution >= 4 is 21.2 Å². The molecule has 9 heteroatoms. The number of hydrogen-bond acceptors (Lipinski definition) is 5. The number of nitrogens with one attached hydrogen (secondary N) is 2. The number of aromatic nitrogens is 4. The van der Waals surface area contributed by atoms with Gasteiger partial charge in [0.05, 0.1) is 6.33 Å². The SMILES string of the molecule is NS(=O)(=O)c1nc2nc[nH]c2c(=O)[nH]1. The van der Waals surface area contributed by atoms with E-state index in [1.54, 1.807) is 0 Å². The van der Waals surface area contributed by atoms with E-state index in [4.69, 9.17) is 5.14 Å². The van der Waals surface area contributed by atoms with Crippen LogP contribution in [0.1, 0.15) is 0 Å².